The van der Waals surface area contributed by atoms with Crippen molar-refractivity contribution in [3.8, 4) is 11.5 Å². The first-order valence-electron chi connectivity index (χ1n) is 7.29. The molecular weight excluding hydrogens is 332 g/mol. The minimum absolute atomic E-state index is 0.0132. The molecule has 0 saturated heterocycles. The number of fused-ring (bicyclic) bond motifs is 1. The molecule has 126 valence electrons. The van der Waals surface area contributed by atoms with Gasteiger partial charge in [-0.3, -0.25) is 4.79 Å². The standard InChI is InChI=1S/C16H16N2O5S/c19-16(18-12-4-2-1-3-5-12)11-17-24(20,21)13-6-7-14-15(10-13)23-9-8-22-14/h1-7,10,17H,8-9,11H2,(H,18,19). The number of hydrogen-bond donors (Lipinski definition) is 2. The summed E-state index contributed by atoms with van der Waals surface area (Å²) in [5.74, 6) is 0.419. The quantitative estimate of drug-likeness (QED) is 0.851. The van der Waals surface area contributed by atoms with E-state index in [1.807, 2.05) is 6.07 Å². The molecule has 1 amide bonds. The maximum absolute atomic E-state index is 12.3. The molecule has 8 heteroatoms. The molecule has 2 aromatic carbocycles. The van der Waals surface area contributed by atoms with Crippen LogP contribution in [0.2, 0.25) is 0 Å². The fourth-order valence-corrected chi connectivity index (χ4v) is 3.16. The monoisotopic (exact) mass is 348 g/mol. The molecule has 0 fully saturated rings. The summed E-state index contributed by atoms with van der Waals surface area (Å²) in [6.07, 6.45) is 0. The van der Waals surface area contributed by atoms with Gasteiger partial charge >= 0.3 is 0 Å². The number of anilines is 1. The lowest BCUT2D eigenvalue weighted by atomic mass is 10.3. The summed E-state index contributed by atoms with van der Waals surface area (Å²) in [5, 5.41) is 2.61. The zero-order valence-corrected chi connectivity index (χ0v) is 13.5. The second-order valence-electron chi connectivity index (χ2n) is 5.04. The van der Waals surface area contributed by atoms with E-state index in [4.69, 9.17) is 9.47 Å². The molecule has 0 atom stereocenters. The summed E-state index contributed by atoms with van der Waals surface area (Å²) >= 11 is 0. The number of benzene rings is 2. The Labute approximate surface area is 139 Å². The van der Waals surface area contributed by atoms with E-state index in [0.717, 1.165) is 0 Å². The summed E-state index contributed by atoms with van der Waals surface area (Å²) in [4.78, 5) is 11.9. The molecule has 0 radical (unpaired) electrons. The third-order valence-corrected chi connectivity index (χ3v) is 4.70. The second kappa shape index (κ2) is 6.90. The van der Waals surface area contributed by atoms with Gasteiger partial charge in [-0.25, -0.2) is 13.1 Å². The van der Waals surface area contributed by atoms with Crippen molar-refractivity contribution in [3.63, 3.8) is 0 Å². The van der Waals surface area contributed by atoms with Crippen LogP contribution in [0.5, 0.6) is 11.5 Å². The Morgan fingerprint density at radius 3 is 2.46 bits per heavy atom. The highest BCUT2D eigenvalue weighted by atomic mass is 32.2. The highest BCUT2D eigenvalue weighted by molar-refractivity contribution is 7.89. The summed E-state index contributed by atoms with van der Waals surface area (Å²) in [5.41, 5.74) is 0.598. The van der Waals surface area contributed by atoms with Crippen LogP contribution in [0.1, 0.15) is 0 Å². The van der Waals surface area contributed by atoms with Crippen molar-refractivity contribution in [2.45, 2.75) is 4.90 Å². The van der Waals surface area contributed by atoms with Gasteiger partial charge in [0.1, 0.15) is 13.2 Å². The lowest BCUT2D eigenvalue weighted by Crippen LogP contribution is -2.33. The van der Waals surface area contributed by atoms with Crippen molar-refractivity contribution >= 4 is 21.6 Å². The largest absolute Gasteiger partial charge is 0.486 e. The topological polar surface area (TPSA) is 93.7 Å². The van der Waals surface area contributed by atoms with Crippen LogP contribution in [0, 0.1) is 0 Å². The lowest BCUT2D eigenvalue weighted by Gasteiger charge is -2.18. The van der Waals surface area contributed by atoms with Crippen molar-refractivity contribution in [2.75, 3.05) is 25.1 Å². The van der Waals surface area contributed by atoms with Crippen LogP contribution in [0.3, 0.4) is 0 Å². The molecule has 0 unspecified atom stereocenters. The Morgan fingerprint density at radius 1 is 1.00 bits per heavy atom. The number of amides is 1. The van der Waals surface area contributed by atoms with E-state index in [9.17, 15) is 13.2 Å². The number of carbonyl (C=O) groups is 1. The van der Waals surface area contributed by atoms with Gasteiger partial charge in [-0.1, -0.05) is 18.2 Å². The van der Waals surface area contributed by atoms with Gasteiger partial charge in [-0.05, 0) is 24.3 Å². The third kappa shape index (κ3) is 3.84. The summed E-state index contributed by atoms with van der Waals surface area (Å²) in [6, 6.07) is 13.1. The van der Waals surface area contributed by atoms with Gasteiger partial charge in [-0.15, -0.1) is 0 Å². The van der Waals surface area contributed by atoms with E-state index in [2.05, 4.69) is 10.0 Å². The molecule has 0 bridgehead atoms. The third-order valence-electron chi connectivity index (χ3n) is 3.30. The van der Waals surface area contributed by atoms with Crippen LogP contribution < -0.4 is 19.5 Å². The van der Waals surface area contributed by atoms with E-state index in [1.165, 1.54) is 18.2 Å². The maximum Gasteiger partial charge on any atom is 0.241 e. The first-order chi connectivity index (χ1) is 11.5. The van der Waals surface area contributed by atoms with E-state index in [-0.39, 0.29) is 11.4 Å². The number of rotatable bonds is 5. The van der Waals surface area contributed by atoms with Gasteiger partial charge < -0.3 is 14.8 Å². The van der Waals surface area contributed by atoms with Crippen molar-refractivity contribution in [2.24, 2.45) is 0 Å². The fourth-order valence-electron chi connectivity index (χ4n) is 2.16. The summed E-state index contributed by atoms with van der Waals surface area (Å²) in [7, 11) is -3.83. The molecule has 7 nitrogen and oxygen atoms in total. The van der Waals surface area contributed by atoms with E-state index in [1.54, 1.807) is 24.3 Å². The fraction of sp³-hybridized carbons (Fsp3) is 0.188. The molecule has 2 N–H and O–H groups in total. The molecular formula is C16H16N2O5S. The SMILES string of the molecule is O=C(CNS(=O)(=O)c1ccc2c(c1)OCCO2)Nc1ccccc1. The number of ether oxygens (including phenoxy) is 2. The lowest BCUT2D eigenvalue weighted by molar-refractivity contribution is -0.115. The molecule has 1 heterocycles. The first-order valence-corrected chi connectivity index (χ1v) is 8.77. The molecule has 3 rings (SSSR count). The average Bonchev–Trinajstić information content (AvgIpc) is 2.60. The predicted octanol–water partition coefficient (Wildman–Crippen LogP) is 1.37. The average molecular weight is 348 g/mol. The Kier molecular flexibility index (Phi) is 4.68. The van der Waals surface area contributed by atoms with Gasteiger partial charge in [0.25, 0.3) is 0 Å². The number of hydrogen-bond acceptors (Lipinski definition) is 5. The molecule has 1 aliphatic rings. The van der Waals surface area contributed by atoms with Crippen molar-refractivity contribution in [1.29, 1.82) is 0 Å². The molecule has 0 aliphatic carbocycles. The van der Waals surface area contributed by atoms with E-state index in [0.29, 0.717) is 30.4 Å². The van der Waals surface area contributed by atoms with E-state index < -0.39 is 15.9 Å². The second-order valence-corrected chi connectivity index (χ2v) is 6.81. The molecule has 0 saturated carbocycles. The Balaban J connectivity index is 1.64. The smallest absolute Gasteiger partial charge is 0.241 e. The van der Waals surface area contributed by atoms with Crippen LogP contribution in [0.15, 0.2) is 53.4 Å². The number of sulfonamides is 1. The molecule has 2 aromatic rings. The van der Waals surface area contributed by atoms with Gasteiger partial charge in [0.15, 0.2) is 11.5 Å². The summed E-state index contributed by atoms with van der Waals surface area (Å²) in [6.45, 7) is 0.423. The van der Waals surface area contributed by atoms with E-state index >= 15 is 0 Å². The molecule has 0 spiro atoms. The molecule has 24 heavy (non-hydrogen) atoms. The highest BCUT2D eigenvalue weighted by Crippen LogP contribution is 2.32. The highest BCUT2D eigenvalue weighted by Gasteiger charge is 2.20. The van der Waals surface area contributed by atoms with Gasteiger partial charge in [0, 0.05) is 11.8 Å². The minimum Gasteiger partial charge on any atom is -0.486 e. The first kappa shape index (κ1) is 16.3. The normalized spacial score (nSPS) is 13.3. The van der Waals surface area contributed by atoms with Crippen molar-refractivity contribution < 1.29 is 22.7 Å². The van der Waals surface area contributed by atoms with Gasteiger partial charge in [-0.2, -0.15) is 0 Å². The zero-order chi connectivity index (χ0) is 17.0. The number of carbonyl (C=O) groups excluding carboxylic acids is 1. The van der Waals surface area contributed by atoms with Gasteiger partial charge in [0.05, 0.1) is 11.4 Å². The van der Waals surface area contributed by atoms with Crippen LogP contribution in [-0.2, 0) is 14.8 Å². The zero-order valence-electron chi connectivity index (χ0n) is 12.7. The van der Waals surface area contributed by atoms with Crippen molar-refractivity contribution in [1.82, 2.24) is 4.72 Å². The van der Waals surface area contributed by atoms with Crippen LogP contribution in [0.4, 0.5) is 5.69 Å². The maximum atomic E-state index is 12.3. The number of para-hydroxylation sites is 1. The van der Waals surface area contributed by atoms with Crippen LogP contribution in [0.25, 0.3) is 0 Å². The van der Waals surface area contributed by atoms with Gasteiger partial charge in [0.2, 0.25) is 15.9 Å². The minimum atomic E-state index is -3.83. The summed E-state index contributed by atoms with van der Waals surface area (Å²) < 4.78 is 37.6. The van der Waals surface area contributed by atoms with Crippen LogP contribution in [-0.4, -0.2) is 34.1 Å². The predicted molar refractivity (Wildman–Crippen MR) is 87.7 cm³/mol. The molecule has 1 aliphatic heterocycles. The Morgan fingerprint density at radius 2 is 1.71 bits per heavy atom. The Hall–Kier alpha value is -2.58. The molecule has 0 aromatic heterocycles. The Bertz CT molecular complexity index is 837. The van der Waals surface area contributed by atoms with Crippen LogP contribution >= 0.6 is 0 Å². The van der Waals surface area contributed by atoms with Crippen molar-refractivity contribution in [3.05, 3.63) is 48.5 Å². The number of nitrogens with one attached hydrogen (secondary N) is 2.